The molecule has 6 nitrogen and oxygen atoms in total. The summed E-state index contributed by atoms with van der Waals surface area (Å²) in [4.78, 5) is 34.4. The second kappa shape index (κ2) is 14.7. The summed E-state index contributed by atoms with van der Waals surface area (Å²) in [5.41, 5.74) is 0. The summed E-state index contributed by atoms with van der Waals surface area (Å²) in [5.74, 6) is 0.476. The van der Waals surface area contributed by atoms with Gasteiger partial charge in [-0.1, -0.05) is 20.3 Å². The quantitative estimate of drug-likeness (QED) is 0.466. The number of alkyl carbamates (subject to hydrolysis) is 1. The normalized spacial score (nSPS) is 10.8. The van der Waals surface area contributed by atoms with Gasteiger partial charge in [-0.3, -0.25) is 9.59 Å². The van der Waals surface area contributed by atoms with Crippen molar-refractivity contribution in [3.8, 4) is 0 Å². The van der Waals surface area contributed by atoms with Crippen molar-refractivity contribution < 1.29 is 19.1 Å². The van der Waals surface area contributed by atoms with Crippen LogP contribution in [0.2, 0.25) is 0 Å². The third kappa shape index (κ3) is 15.7. The van der Waals surface area contributed by atoms with Crippen molar-refractivity contribution >= 4 is 17.8 Å². The molecule has 0 radical (unpaired) electrons. The van der Waals surface area contributed by atoms with Crippen molar-refractivity contribution in [2.45, 2.75) is 85.1 Å². The van der Waals surface area contributed by atoms with Crippen molar-refractivity contribution in [1.82, 2.24) is 10.6 Å². The first-order valence-electron chi connectivity index (χ1n) is 9.55. The molecule has 25 heavy (non-hydrogen) atoms. The summed E-state index contributed by atoms with van der Waals surface area (Å²) in [6.07, 6.45) is 5.83. The van der Waals surface area contributed by atoms with Crippen LogP contribution in [0.25, 0.3) is 0 Å². The van der Waals surface area contributed by atoms with Gasteiger partial charge in [0.2, 0.25) is 5.91 Å². The van der Waals surface area contributed by atoms with E-state index in [1.165, 1.54) is 0 Å². The molecule has 0 saturated heterocycles. The minimum Gasteiger partial charge on any atom is -0.450 e. The van der Waals surface area contributed by atoms with E-state index in [1.807, 2.05) is 27.7 Å². The van der Waals surface area contributed by atoms with Gasteiger partial charge in [0.15, 0.2) is 0 Å². The Kier molecular flexibility index (Phi) is 13.8. The number of hydrogen-bond donors (Lipinski definition) is 2. The lowest BCUT2D eigenvalue weighted by Gasteiger charge is -2.08. The first-order valence-corrected chi connectivity index (χ1v) is 9.55. The summed E-state index contributed by atoms with van der Waals surface area (Å²) in [6.45, 7) is 8.66. The molecule has 0 unspecified atom stereocenters. The number of ketones is 1. The number of carbonyl (C=O) groups excluding carboxylic acids is 3. The average Bonchev–Trinajstić information content (AvgIpc) is 2.52. The zero-order valence-corrected chi connectivity index (χ0v) is 16.4. The minimum absolute atomic E-state index is 0.0810. The molecule has 0 rings (SSSR count). The molecule has 0 aliphatic rings. The van der Waals surface area contributed by atoms with Crippen LogP contribution in [0.4, 0.5) is 4.79 Å². The molecule has 2 amide bonds. The van der Waals surface area contributed by atoms with E-state index in [4.69, 9.17) is 4.74 Å². The van der Waals surface area contributed by atoms with Gasteiger partial charge >= 0.3 is 6.09 Å². The maximum atomic E-state index is 11.5. The Balaban J connectivity index is 3.39. The molecule has 0 spiro atoms. The van der Waals surface area contributed by atoms with Gasteiger partial charge in [-0.2, -0.15) is 0 Å². The zero-order chi connectivity index (χ0) is 19.1. The Bertz CT molecular complexity index is 395. The van der Waals surface area contributed by atoms with E-state index in [9.17, 15) is 14.4 Å². The maximum Gasteiger partial charge on any atom is 0.407 e. The molecule has 0 fully saturated rings. The fourth-order valence-electron chi connectivity index (χ4n) is 2.25. The van der Waals surface area contributed by atoms with Crippen LogP contribution in [0.5, 0.6) is 0 Å². The van der Waals surface area contributed by atoms with Crippen LogP contribution in [-0.2, 0) is 14.3 Å². The Labute approximate surface area is 152 Å². The molecule has 2 N–H and O–H groups in total. The van der Waals surface area contributed by atoms with Gasteiger partial charge < -0.3 is 15.4 Å². The maximum absolute atomic E-state index is 11.5. The van der Waals surface area contributed by atoms with E-state index in [0.717, 1.165) is 38.5 Å². The number of nitrogens with one attached hydrogen (secondary N) is 2. The molecule has 146 valence electrons. The van der Waals surface area contributed by atoms with E-state index in [1.54, 1.807) is 0 Å². The van der Waals surface area contributed by atoms with Crippen molar-refractivity contribution in [3.05, 3.63) is 0 Å². The third-order valence-corrected chi connectivity index (χ3v) is 3.74. The number of amides is 2. The predicted molar refractivity (Wildman–Crippen MR) is 99.4 cm³/mol. The molecule has 0 aliphatic carbocycles. The van der Waals surface area contributed by atoms with E-state index in [0.29, 0.717) is 31.8 Å². The van der Waals surface area contributed by atoms with Crippen LogP contribution in [0, 0.1) is 5.92 Å². The van der Waals surface area contributed by atoms with E-state index in [-0.39, 0.29) is 17.9 Å². The van der Waals surface area contributed by atoms with Crippen LogP contribution in [0.3, 0.4) is 0 Å². The van der Waals surface area contributed by atoms with Gasteiger partial charge in [0.1, 0.15) is 5.78 Å². The topological polar surface area (TPSA) is 84.5 Å². The largest absolute Gasteiger partial charge is 0.450 e. The van der Waals surface area contributed by atoms with Crippen LogP contribution < -0.4 is 10.6 Å². The second-order valence-electron chi connectivity index (χ2n) is 7.03. The highest BCUT2D eigenvalue weighted by molar-refractivity contribution is 5.80. The SMILES string of the molecule is CC(C)NC(=O)CCCCCNC(=O)OCCCCCC(=O)C(C)C. The summed E-state index contributed by atoms with van der Waals surface area (Å²) < 4.78 is 5.09. The molecule has 0 saturated carbocycles. The average molecular weight is 357 g/mol. The molecule has 0 aromatic heterocycles. The predicted octanol–water partition coefficient (Wildman–Crippen LogP) is 3.58. The first kappa shape index (κ1) is 23.4. The molecule has 0 bridgehead atoms. The number of rotatable bonds is 14. The molecule has 6 heteroatoms. The lowest BCUT2D eigenvalue weighted by molar-refractivity contribution is -0.122. The molecular formula is C19H36N2O4. The smallest absolute Gasteiger partial charge is 0.407 e. The van der Waals surface area contributed by atoms with Crippen LogP contribution in [0.15, 0.2) is 0 Å². The molecule has 0 aliphatic heterocycles. The van der Waals surface area contributed by atoms with Gasteiger partial charge in [0.25, 0.3) is 0 Å². The number of unbranched alkanes of at least 4 members (excludes halogenated alkanes) is 4. The fraction of sp³-hybridized carbons (Fsp3) is 0.842. The summed E-state index contributed by atoms with van der Waals surface area (Å²) in [7, 11) is 0. The van der Waals surface area contributed by atoms with Gasteiger partial charge in [-0.05, 0) is 46.0 Å². The van der Waals surface area contributed by atoms with Crippen molar-refractivity contribution in [2.75, 3.05) is 13.2 Å². The number of Topliss-reactive ketones (excluding diaryl/α,β-unsaturated/α-hetero) is 1. The Hall–Kier alpha value is -1.59. The highest BCUT2D eigenvalue weighted by Crippen LogP contribution is 2.06. The van der Waals surface area contributed by atoms with Gasteiger partial charge in [0.05, 0.1) is 6.61 Å². The summed E-state index contributed by atoms with van der Waals surface area (Å²) in [5, 5.41) is 5.56. The first-order chi connectivity index (χ1) is 11.8. The van der Waals surface area contributed by atoms with Gasteiger partial charge in [-0.15, -0.1) is 0 Å². The molecule has 0 heterocycles. The van der Waals surface area contributed by atoms with Crippen molar-refractivity contribution in [2.24, 2.45) is 5.92 Å². The van der Waals surface area contributed by atoms with Crippen LogP contribution in [0.1, 0.15) is 79.1 Å². The van der Waals surface area contributed by atoms with E-state index < -0.39 is 6.09 Å². The van der Waals surface area contributed by atoms with Crippen LogP contribution in [-0.4, -0.2) is 37.0 Å². The molecule has 0 aromatic carbocycles. The molecule has 0 atom stereocenters. The van der Waals surface area contributed by atoms with Crippen molar-refractivity contribution in [1.29, 1.82) is 0 Å². The summed E-state index contributed by atoms with van der Waals surface area (Å²) >= 11 is 0. The van der Waals surface area contributed by atoms with Crippen LogP contribution >= 0.6 is 0 Å². The summed E-state index contributed by atoms with van der Waals surface area (Å²) in [6, 6.07) is 0.180. The zero-order valence-electron chi connectivity index (χ0n) is 16.4. The minimum atomic E-state index is -0.393. The molecular weight excluding hydrogens is 320 g/mol. The third-order valence-electron chi connectivity index (χ3n) is 3.74. The highest BCUT2D eigenvalue weighted by atomic mass is 16.5. The lowest BCUT2D eigenvalue weighted by atomic mass is 10.0. The molecule has 0 aromatic rings. The Morgan fingerprint density at radius 1 is 0.840 bits per heavy atom. The van der Waals surface area contributed by atoms with Crippen molar-refractivity contribution in [3.63, 3.8) is 0 Å². The lowest BCUT2D eigenvalue weighted by Crippen LogP contribution is -2.29. The van der Waals surface area contributed by atoms with E-state index in [2.05, 4.69) is 10.6 Å². The number of ether oxygens (including phenoxy) is 1. The Morgan fingerprint density at radius 2 is 1.48 bits per heavy atom. The fourth-order valence-corrected chi connectivity index (χ4v) is 2.25. The van der Waals surface area contributed by atoms with Gasteiger partial charge in [-0.25, -0.2) is 4.79 Å². The Morgan fingerprint density at radius 3 is 2.12 bits per heavy atom. The second-order valence-corrected chi connectivity index (χ2v) is 7.03. The number of carbonyl (C=O) groups is 3. The standard InChI is InChI=1S/C19H36N2O4/c1-15(2)17(22)11-7-6-10-14-25-19(24)20-13-9-5-8-12-18(23)21-16(3)4/h15-16H,5-14H2,1-4H3,(H,20,24)(H,21,23). The number of hydrogen-bond acceptors (Lipinski definition) is 4. The monoisotopic (exact) mass is 356 g/mol. The van der Waals surface area contributed by atoms with E-state index >= 15 is 0 Å². The highest BCUT2D eigenvalue weighted by Gasteiger charge is 2.06. The van der Waals surface area contributed by atoms with Gasteiger partial charge in [0, 0.05) is 31.3 Å².